The van der Waals surface area contributed by atoms with Crippen molar-refractivity contribution in [1.82, 2.24) is 14.7 Å². The van der Waals surface area contributed by atoms with E-state index < -0.39 is 5.79 Å². The van der Waals surface area contributed by atoms with Gasteiger partial charge in [0.25, 0.3) is 0 Å². The van der Waals surface area contributed by atoms with Gasteiger partial charge in [-0.15, -0.1) is 0 Å². The van der Waals surface area contributed by atoms with E-state index in [1.807, 2.05) is 60.5 Å². The van der Waals surface area contributed by atoms with Crippen LogP contribution >= 0.6 is 0 Å². The van der Waals surface area contributed by atoms with Crippen molar-refractivity contribution in [2.45, 2.75) is 5.79 Å². The summed E-state index contributed by atoms with van der Waals surface area (Å²) in [6, 6.07) is 7.46. The number of hydrogen-bond acceptors (Lipinski definition) is 4. The van der Waals surface area contributed by atoms with Gasteiger partial charge in [-0.1, -0.05) is 18.2 Å². The molecule has 1 N–H and O–H groups in total. The van der Waals surface area contributed by atoms with Crippen molar-refractivity contribution in [2.24, 2.45) is 0 Å². The van der Waals surface area contributed by atoms with Crippen LogP contribution < -0.4 is 0 Å². The fraction of sp³-hybridized carbons (Fsp3) is 0.538. The fourth-order valence-corrected chi connectivity index (χ4v) is 2.68. The number of aromatic hydroxyl groups is 1. The van der Waals surface area contributed by atoms with Crippen LogP contribution in [0.3, 0.4) is 0 Å². The molecule has 0 bridgehead atoms. The van der Waals surface area contributed by atoms with E-state index in [0.29, 0.717) is 5.75 Å². The van der Waals surface area contributed by atoms with E-state index in [4.69, 9.17) is 0 Å². The van der Waals surface area contributed by atoms with Gasteiger partial charge in [-0.2, -0.15) is 0 Å². The van der Waals surface area contributed by atoms with Gasteiger partial charge in [0.05, 0.1) is 0 Å². The molecular weight excluding hydrogens is 214 g/mol. The highest BCUT2D eigenvalue weighted by molar-refractivity contribution is 5.37. The van der Waals surface area contributed by atoms with Crippen molar-refractivity contribution in [2.75, 3.05) is 42.3 Å². The summed E-state index contributed by atoms with van der Waals surface area (Å²) in [6.07, 6.45) is 0. The van der Waals surface area contributed by atoms with Gasteiger partial charge in [-0.3, -0.25) is 14.7 Å². The lowest BCUT2D eigenvalue weighted by Crippen LogP contribution is -2.61. The summed E-state index contributed by atoms with van der Waals surface area (Å²) in [5.74, 6) is -0.158. The molecule has 4 nitrogen and oxygen atoms in total. The maximum Gasteiger partial charge on any atom is 0.160 e. The van der Waals surface area contributed by atoms with Crippen LogP contribution in [0.4, 0.5) is 0 Å². The fourth-order valence-electron chi connectivity index (χ4n) is 2.68. The average Bonchev–Trinajstić information content (AvgIpc) is 2.19. The summed E-state index contributed by atoms with van der Waals surface area (Å²) in [4.78, 5) is 6.26. The zero-order valence-corrected chi connectivity index (χ0v) is 11.6. The number of benzene rings is 1. The number of phenolic OH excluding ortho intramolecular Hbond substituents is 1. The number of nitrogens with zero attached hydrogens (tertiary/aromatic N) is 3. The van der Waals surface area contributed by atoms with Crippen LogP contribution in [0.5, 0.6) is 5.75 Å². The second kappa shape index (κ2) is 5.04. The standard InChI is InChI=1S/C13H23N3O/c1-14(2)13(15(3)4,16(5)6)11-9-7-8-10-12(11)17/h7-10,17H,1-6H3. The summed E-state index contributed by atoms with van der Waals surface area (Å²) in [6.45, 7) is 0. The van der Waals surface area contributed by atoms with Crippen LogP contribution in [0.2, 0.25) is 0 Å². The van der Waals surface area contributed by atoms with Gasteiger partial charge in [-0.05, 0) is 48.4 Å². The molecule has 96 valence electrons. The van der Waals surface area contributed by atoms with E-state index in [1.54, 1.807) is 6.07 Å². The van der Waals surface area contributed by atoms with E-state index in [0.717, 1.165) is 5.56 Å². The van der Waals surface area contributed by atoms with E-state index in [1.165, 1.54) is 0 Å². The maximum absolute atomic E-state index is 10.1. The molecule has 0 amide bonds. The van der Waals surface area contributed by atoms with Crippen molar-refractivity contribution in [3.63, 3.8) is 0 Å². The molecule has 0 saturated heterocycles. The van der Waals surface area contributed by atoms with Gasteiger partial charge in [0.2, 0.25) is 0 Å². The lowest BCUT2D eigenvalue weighted by atomic mass is 10.0. The van der Waals surface area contributed by atoms with Crippen molar-refractivity contribution in [3.05, 3.63) is 29.8 Å². The number of rotatable bonds is 4. The van der Waals surface area contributed by atoms with Crippen LogP contribution in [0.25, 0.3) is 0 Å². The predicted octanol–water partition coefficient (Wildman–Crippen LogP) is 1.19. The molecule has 0 heterocycles. The number of phenols is 1. The Bertz CT molecular complexity index is 353. The molecule has 0 aliphatic rings. The van der Waals surface area contributed by atoms with Gasteiger partial charge in [0.1, 0.15) is 5.75 Å². The predicted molar refractivity (Wildman–Crippen MR) is 70.8 cm³/mol. The highest BCUT2D eigenvalue weighted by Crippen LogP contribution is 2.36. The average molecular weight is 237 g/mol. The molecule has 1 rings (SSSR count). The van der Waals surface area contributed by atoms with Crippen LogP contribution in [0.1, 0.15) is 5.56 Å². The molecule has 1 aromatic rings. The Morgan fingerprint density at radius 2 is 1.24 bits per heavy atom. The first kappa shape index (κ1) is 14.0. The molecular formula is C13H23N3O. The third-order valence-corrected chi connectivity index (χ3v) is 3.14. The van der Waals surface area contributed by atoms with Gasteiger partial charge >= 0.3 is 0 Å². The summed E-state index contributed by atoms with van der Waals surface area (Å²) in [5.41, 5.74) is 0.875. The quantitative estimate of drug-likeness (QED) is 0.797. The SMILES string of the molecule is CN(C)C(c1ccccc1O)(N(C)C)N(C)C. The Morgan fingerprint density at radius 3 is 1.59 bits per heavy atom. The highest BCUT2D eigenvalue weighted by Gasteiger charge is 2.41. The zero-order chi connectivity index (χ0) is 13.2. The molecule has 0 aliphatic heterocycles. The smallest absolute Gasteiger partial charge is 0.160 e. The third-order valence-electron chi connectivity index (χ3n) is 3.14. The van der Waals surface area contributed by atoms with Crippen LogP contribution in [-0.2, 0) is 5.79 Å². The first-order chi connectivity index (χ1) is 7.85. The highest BCUT2D eigenvalue weighted by atomic mass is 16.3. The molecule has 0 aromatic heterocycles. The molecule has 4 heteroatoms. The molecule has 1 aromatic carbocycles. The van der Waals surface area contributed by atoms with E-state index >= 15 is 0 Å². The van der Waals surface area contributed by atoms with Gasteiger partial charge < -0.3 is 5.11 Å². The topological polar surface area (TPSA) is 30.0 Å². The minimum Gasteiger partial charge on any atom is -0.507 e. The molecule has 0 saturated carbocycles. The Labute approximate surface area is 104 Å². The monoisotopic (exact) mass is 237 g/mol. The number of hydrogen-bond donors (Lipinski definition) is 1. The van der Waals surface area contributed by atoms with Crippen molar-refractivity contribution in [1.29, 1.82) is 0 Å². The molecule has 0 aliphatic carbocycles. The Morgan fingerprint density at radius 1 is 0.824 bits per heavy atom. The normalized spacial score (nSPS) is 12.8. The first-order valence-electron chi connectivity index (χ1n) is 5.66. The number of para-hydroxylation sites is 1. The summed E-state index contributed by atoms with van der Waals surface area (Å²) < 4.78 is 0. The van der Waals surface area contributed by atoms with Gasteiger partial charge in [0.15, 0.2) is 5.79 Å². The van der Waals surface area contributed by atoms with Gasteiger partial charge in [0, 0.05) is 5.56 Å². The second-order valence-electron chi connectivity index (χ2n) is 4.84. The molecule has 0 atom stereocenters. The van der Waals surface area contributed by atoms with Crippen molar-refractivity contribution >= 4 is 0 Å². The summed E-state index contributed by atoms with van der Waals surface area (Å²) >= 11 is 0. The van der Waals surface area contributed by atoms with E-state index in [9.17, 15) is 5.11 Å². The first-order valence-corrected chi connectivity index (χ1v) is 5.66. The molecule has 0 radical (unpaired) electrons. The van der Waals surface area contributed by atoms with Crippen molar-refractivity contribution in [3.8, 4) is 5.75 Å². The Kier molecular flexibility index (Phi) is 4.14. The maximum atomic E-state index is 10.1. The molecule has 0 spiro atoms. The third kappa shape index (κ3) is 2.16. The minimum absolute atomic E-state index is 0.309. The van der Waals surface area contributed by atoms with Crippen LogP contribution in [0.15, 0.2) is 24.3 Å². The zero-order valence-electron chi connectivity index (χ0n) is 11.6. The van der Waals surface area contributed by atoms with E-state index in [2.05, 4.69) is 14.7 Å². The molecule has 0 fully saturated rings. The second-order valence-corrected chi connectivity index (χ2v) is 4.84. The largest absolute Gasteiger partial charge is 0.507 e. The lowest BCUT2D eigenvalue weighted by molar-refractivity contribution is -0.117. The lowest BCUT2D eigenvalue weighted by Gasteiger charge is -2.50. The summed E-state index contributed by atoms with van der Waals surface area (Å²) in [7, 11) is 12.0. The Balaban J connectivity index is 3.48. The molecule has 0 unspecified atom stereocenters. The Hall–Kier alpha value is -1.10. The van der Waals surface area contributed by atoms with Gasteiger partial charge in [-0.25, -0.2) is 0 Å². The van der Waals surface area contributed by atoms with Crippen LogP contribution in [0, 0.1) is 0 Å². The van der Waals surface area contributed by atoms with Crippen LogP contribution in [-0.4, -0.2) is 62.1 Å². The van der Waals surface area contributed by atoms with Crippen molar-refractivity contribution < 1.29 is 5.11 Å². The summed E-state index contributed by atoms with van der Waals surface area (Å²) in [5, 5.41) is 10.1. The minimum atomic E-state index is -0.467. The van der Waals surface area contributed by atoms with E-state index in [-0.39, 0.29) is 0 Å². The molecule has 17 heavy (non-hydrogen) atoms.